The van der Waals surface area contributed by atoms with E-state index in [1.165, 1.54) is 31.4 Å². The van der Waals surface area contributed by atoms with Gasteiger partial charge in [-0.3, -0.25) is 4.79 Å². The molecule has 0 saturated heterocycles. The van der Waals surface area contributed by atoms with Crippen LogP contribution in [0.5, 0.6) is 0 Å². The second kappa shape index (κ2) is 9.78. The molecule has 0 bridgehead atoms. The van der Waals surface area contributed by atoms with E-state index in [4.69, 9.17) is 15.3 Å². The van der Waals surface area contributed by atoms with Crippen LogP contribution in [0.4, 0.5) is 0 Å². The number of benzene rings is 1. The van der Waals surface area contributed by atoms with Crippen LogP contribution in [0.15, 0.2) is 18.2 Å². The molecular weight excluding hydrogens is 326 g/mol. The summed E-state index contributed by atoms with van der Waals surface area (Å²) in [4.78, 5) is 31.6. The summed E-state index contributed by atoms with van der Waals surface area (Å²) in [5, 5.41) is 29.0. The average molecular weight is 351 g/mol. The molecule has 0 aromatic heterocycles. The number of rotatable bonds is 5. The van der Waals surface area contributed by atoms with Crippen LogP contribution in [0.3, 0.4) is 0 Å². The van der Waals surface area contributed by atoms with Gasteiger partial charge in [-0.25, -0.2) is 9.59 Å². The zero-order valence-electron chi connectivity index (χ0n) is 14.5. The third-order valence-corrected chi connectivity index (χ3v) is 4.18. The molecule has 7 heteroatoms. The second-order valence-electron chi connectivity index (χ2n) is 6.20. The van der Waals surface area contributed by atoms with Crippen molar-refractivity contribution in [2.45, 2.75) is 58.0 Å². The van der Waals surface area contributed by atoms with E-state index in [0.29, 0.717) is 11.6 Å². The maximum atomic E-state index is 10.6. The van der Waals surface area contributed by atoms with Gasteiger partial charge in [-0.15, -0.1) is 0 Å². The van der Waals surface area contributed by atoms with Crippen molar-refractivity contribution < 1.29 is 29.7 Å². The third-order valence-electron chi connectivity index (χ3n) is 4.18. The minimum atomic E-state index is -1.12. The lowest BCUT2D eigenvalue weighted by atomic mass is 9.95. The quantitative estimate of drug-likeness (QED) is 0.643. The SMILES string of the molecule is CC(NC1CCCCC1)C(=O)O.Cc1ccc(C(=O)O)cc1C(=O)O. The van der Waals surface area contributed by atoms with E-state index in [-0.39, 0.29) is 11.1 Å². The first kappa shape index (κ1) is 20.6. The van der Waals surface area contributed by atoms with Gasteiger partial charge >= 0.3 is 17.9 Å². The Hall–Kier alpha value is -2.41. The van der Waals surface area contributed by atoms with Crippen LogP contribution in [0.25, 0.3) is 0 Å². The van der Waals surface area contributed by atoms with Gasteiger partial charge in [-0.05, 0) is 44.4 Å². The Morgan fingerprint density at radius 3 is 2.12 bits per heavy atom. The Labute approximate surface area is 146 Å². The first-order valence-electron chi connectivity index (χ1n) is 8.28. The number of carboxylic acids is 3. The van der Waals surface area contributed by atoms with E-state index in [9.17, 15) is 14.4 Å². The average Bonchev–Trinajstić information content (AvgIpc) is 2.56. The van der Waals surface area contributed by atoms with Gasteiger partial charge in [0.1, 0.15) is 6.04 Å². The highest BCUT2D eigenvalue weighted by atomic mass is 16.4. The predicted molar refractivity (Wildman–Crippen MR) is 92.2 cm³/mol. The molecule has 0 aliphatic heterocycles. The molecule has 1 aromatic rings. The second-order valence-corrected chi connectivity index (χ2v) is 6.20. The Balaban J connectivity index is 0.000000251. The molecule has 0 radical (unpaired) electrons. The van der Waals surface area contributed by atoms with Gasteiger partial charge in [0.15, 0.2) is 0 Å². The molecule has 1 fully saturated rings. The normalized spacial score (nSPS) is 15.6. The van der Waals surface area contributed by atoms with Crippen molar-refractivity contribution in [2.75, 3.05) is 0 Å². The minimum Gasteiger partial charge on any atom is -0.480 e. The molecule has 1 atom stereocenters. The third kappa shape index (κ3) is 6.93. The van der Waals surface area contributed by atoms with Gasteiger partial charge in [0.25, 0.3) is 0 Å². The van der Waals surface area contributed by atoms with Crippen molar-refractivity contribution in [3.05, 3.63) is 34.9 Å². The maximum Gasteiger partial charge on any atom is 0.335 e. The van der Waals surface area contributed by atoms with Crippen LogP contribution in [-0.4, -0.2) is 45.3 Å². The van der Waals surface area contributed by atoms with Crippen LogP contribution in [0, 0.1) is 6.92 Å². The molecule has 0 amide bonds. The molecule has 0 heterocycles. The molecular formula is C18H25NO6. The zero-order valence-corrected chi connectivity index (χ0v) is 14.5. The van der Waals surface area contributed by atoms with Crippen molar-refractivity contribution in [3.63, 3.8) is 0 Å². The standard InChI is InChI=1S/C9H17NO2.C9H8O4/c1-7(9(11)12)10-8-5-3-2-4-6-8;1-5-2-3-6(8(10)11)4-7(5)9(12)13/h7-8,10H,2-6H2,1H3,(H,11,12);2-4H,1H3,(H,10,11)(H,12,13). The Bertz CT molecular complexity index is 622. The summed E-state index contributed by atoms with van der Waals surface area (Å²) < 4.78 is 0. The van der Waals surface area contributed by atoms with Crippen LogP contribution in [-0.2, 0) is 4.79 Å². The number of aliphatic carboxylic acids is 1. The van der Waals surface area contributed by atoms with E-state index in [2.05, 4.69) is 5.32 Å². The highest BCUT2D eigenvalue weighted by Gasteiger charge is 2.18. The Morgan fingerprint density at radius 2 is 1.64 bits per heavy atom. The minimum absolute atomic E-state index is 0.0111. The van der Waals surface area contributed by atoms with Gasteiger partial charge in [0.2, 0.25) is 0 Å². The topological polar surface area (TPSA) is 124 Å². The van der Waals surface area contributed by atoms with Crippen molar-refractivity contribution in [1.29, 1.82) is 0 Å². The smallest absolute Gasteiger partial charge is 0.335 e. The highest BCUT2D eigenvalue weighted by Crippen LogP contribution is 2.17. The summed E-state index contributed by atoms with van der Waals surface area (Å²) in [5.41, 5.74) is 0.570. The molecule has 2 rings (SSSR count). The van der Waals surface area contributed by atoms with Gasteiger partial charge < -0.3 is 20.6 Å². The molecule has 25 heavy (non-hydrogen) atoms. The first-order valence-corrected chi connectivity index (χ1v) is 8.28. The lowest BCUT2D eigenvalue weighted by Crippen LogP contribution is -2.42. The summed E-state index contributed by atoms with van der Waals surface area (Å²) in [7, 11) is 0. The summed E-state index contributed by atoms with van der Waals surface area (Å²) in [5.74, 6) is -2.98. The van der Waals surface area contributed by atoms with E-state index >= 15 is 0 Å². The molecule has 0 spiro atoms. The van der Waals surface area contributed by atoms with E-state index in [1.54, 1.807) is 13.8 Å². The molecule has 1 saturated carbocycles. The fraction of sp³-hybridized carbons (Fsp3) is 0.500. The fourth-order valence-corrected chi connectivity index (χ4v) is 2.68. The summed E-state index contributed by atoms with van der Waals surface area (Å²) >= 11 is 0. The molecule has 1 aliphatic carbocycles. The van der Waals surface area contributed by atoms with E-state index in [1.807, 2.05) is 0 Å². The van der Waals surface area contributed by atoms with Crippen molar-refractivity contribution in [1.82, 2.24) is 5.32 Å². The van der Waals surface area contributed by atoms with Crippen molar-refractivity contribution in [3.8, 4) is 0 Å². The molecule has 138 valence electrons. The largest absolute Gasteiger partial charge is 0.480 e. The van der Waals surface area contributed by atoms with Crippen LogP contribution in [0.2, 0.25) is 0 Å². The summed E-state index contributed by atoms with van der Waals surface area (Å²) in [6.45, 7) is 3.33. The van der Waals surface area contributed by atoms with Crippen molar-refractivity contribution >= 4 is 17.9 Å². The fourth-order valence-electron chi connectivity index (χ4n) is 2.68. The monoisotopic (exact) mass is 351 g/mol. The zero-order chi connectivity index (χ0) is 19.0. The van der Waals surface area contributed by atoms with Crippen LogP contribution in [0.1, 0.15) is 65.3 Å². The van der Waals surface area contributed by atoms with Gasteiger partial charge in [-0.2, -0.15) is 0 Å². The lowest BCUT2D eigenvalue weighted by Gasteiger charge is -2.24. The lowest BCUT2D eigenvalue weighted by molar-refractivity contribution is -0.139. The molecule has 7 nitrogen and oxygen atoms in total. The van der Waals surface area contributed by atoms with Crippen LogP contribution < -0.4 is 5.32 Å². The number of hydrogen-bond acceptors (Lipinski definition) is 4. The molecule has 1 aromatic carbocycles. The number of nitrogens with one attached hydrogen (secondary N) is 1. The number of carboxylic acid groups (broad SMARTS) is 3. The molecule has 1 aliphatic rings. The van der Waals surface area contributed by atoms with Gasteiger partial charge in [0, 0.05) is 6.04 Å². The van der Waals surface area contributed by atoms with E-state index in [0.717, 1.165) is 18.9 Å². The summed E-state index contributed by atoms with van der Waals surface area (Å²) in [6.07, 6.45) is 6.06. The predicted octanol–water partition coefficient (Wildman–Crippen LogP) is 2.77. The molecule has 1 unspecified atom stereocenters. The van der Waals surface area contributed by atoms with Crippen LogP contribution >= 0.6 is 0 Å². The van der Waals surface area contributed by atoms with E-state index < -0.39 is 23.9 Å². The highest BCUT2D eigenvalue weighted by molar-refractivity contribution is 5.94. The Morgan fingerprint density at radius 1 is 1.04 bits per heavy atom. The number of aromatic carboxylic acids is 2. The molecule has 4 N–H and O–H groups in total. The number of aryl methyl sites for hydroxylation is 1. The summed E-state index contributed by atoms with van der Waals surface area (Å²) in [6, 6.07) is 4.05. The number of carbonyl (C=O) groups is 3. The Kier molecular flexibility index (Phi) is 8.07. The van der Waals surface area contributed by atoms with Gasteiger partial charge in [-0.1, -0.05) is 25.3 Å². The first-order chi connectivity index (χ1) is 11.7. The number of hydrogen-bond donors (Lipinski definition) is 4. The maximum absolute atomic E-state index is 10.6. The van der Waals surface area contributed by atoms with Crippen molar-refractivity contribution in [2.24, 2.45) is 0 Å². The van der Waals surface area contributed by atoms with Gasteiger partial charge in [0.05, 0.1) is 11.1 Å².